The predicted octanol–water partition coefficient (Wildman–Crippen LogP) is 2.69. The molecule has 0 aliphatic carbocycles. The zero-order valence-electron chi connectivity index (χ0n) is 8.20. The van der Waals surface area contributed by atoms with E-state index in [2.05, 4.69) is 0 Å². The highest BCUT2D eigenvalue weighted by atomic mass is 35.5. The van der Waals surface area contributed by atoms with Gasteiger partial charge in [-0.2, -0.15) is 0 Å². The number of hydrogen-bond acceptors (Lipinski definition) is 1. The fraction of sp³-hybridized carbons (Fsp3) is 0.182. The molecule has 78 valence electrons. The van der Waals surface area contributed by atoms with E-state index in [0.717, 1.165) is 16.5 Å². The molecule has 2 rings (SSSR count). The number of fused-ring (bicyclic) bond motifs is 1. The first kappa shape index (κ1) is 10.1. The molecule has 0 unspecified atom stereocenters. The van der Waals surface area contributed by atoms with Gasteiger partial charge in [-0.05, 0) is 24.6 Å². The summed E-state index contributed by atoms with van der Waals surface area (Å²) in [5, 5.41) is 10.3. The maximum absolute atomic E-state index is 10.7. The molecule has 0 amide bonds. The molecule has 0 aliphatic rings. The van der Waals surface area contributed by atoms with Crippen molar-refractivity contribution < 1.29 is 9.90 Å². The van der Waals surface area contributed by atoms with Crippen molar-refractivity contribution in [2.75, 3.05) is 0 Å². The molecule has 0 aliphatic heterocycles. The first-order valence-corrected chi connectivity index (χ1v) is 4.93. The van der Waals surface area contributed by atoms with Crippen LogP contribution in [-0.4, -0.2) is 15.6 Å². The molecule has 0 atom stereocenters. The van der Waals surface area contributed by atoms with Crippen LogP contribution in [0, 0.1) is 6.92 Å². The van der Waals surface area contributed by atoms with Crippen molar-refractivity contribution in [1.29, 1.82) is 0 Å². The molecule has 3 nitrogen and oxygen atoms in total. The van der Waals surface area contributed by atoms with Gasteiger partial charge >= 0.3 is 5.97 Å². The number of carboxylic acid groups (broad SMARTS) is 1. The van der Waals surface area contributed by atoms with Crippen molar-refractivity contribution in [1.82, 2.24) is 4.57 Å². The van der Waals surface area contributed by atoms with Crippen LogP contribution in [0.2, 0.25) is 5.02 Å². The van der Waals surface area contributed by atoms with Gasteiger partial charge in [-0.15, -0.1) is 0 Å². The number of nitrogens with zero attached hydrogens (tertiary/aromatic N) is 1. The minimum absolute atomic E-state index is 0.0370. The van der Waals surface area contributed by atoms with Crippen molar-refractivity contribution in [2.24, 2.45) is 0 Å². The zero-order valence-corrected chi connectivity index (χ0v) is 8.95. The largest absolute Gasteiger partial charge is 0.480 e. The number of rotatable bonds is 2. The van der Waals surface area contributed by atoms with Crippen molar-refractivity contribution in [3.8, 4) is 0 Å². The van der Waals surface area contributed by atoms with Gasteiger partial charge < -0.3 is 9.67 Å². The monoisotopic (exact) mass is 223 g/mol. The molecule has 0 bridgehead atoms. The maximum Gasteiger partial charge on any atom is 0.323 e. The molecule has 0 fully saturated rings. The summed E-state index contributed by atoms with van der Waals surface area (Å²) < 4.78 is 1.69. The number of halogens is 1. The molecule has 15 heavy (non-hydrogen) atoms. The molecular weight excluding hydrogens is 214 g/mol. The lowest BCUT2D eigenvalue weighted by Crippen LogP contribution is -2.07. The van der Waals surface area contributed by atoms with E-state index in [1.165, 1.54) is 0 Å². The Labute approximate surface area is 91.9 Å². The quantitative estimate of drug-likeness (QED) is 0.851. The average Bonchev–Trinajstić information content (AvgIpc) is 2.44. The SMILES string of the molecule is Cc1cn(CC(=O)O)c2cccc(Cl)c12. The van der Waals surface area contributed by atoms with E-state index in [0.29, 0.717) is 5.02 Å². The lowest BCUT2D eigenvalue weighted by atomic mass is 10.2. The molecule has 1 N–H and O–H groups in total. The standard InChI is InChI=1S/C11H10ClNO2/c1-7-5-13(6-10(14)15)9-4-2-3-8(12)11(7)9/h2-5H,6H2,1H3,(H,14,15). The Balaban J connectivity index is 2.68. The summed E-state index contributed by atoms with van der Waals surface area (Å²) in [4.78, 5) is 10.7. The van der Waals surface area contributed by atoms with Gasteiger partial charge in [0.15, 0.2) is 0 Å². The van der Waals surface area contributed by atoms with E-state index >= 15 is 0 Å². The highest BCUT2D eigenvalue weighted by Gasteiger charge is 2.09. The number of aryl methyl sites for hydroxylation is 1. The van der Waals surface area contributed by atoms with Crippen LogP contribution in [0.3, 0.4) is 0 Å². The van der Waals surface area contributed by atoms with Crippen LogP contribution >= 0.6 is 11.6 Å². The van der Waals surface area contributed by atoms with Crippen molar-refractivity contribution in [3.63, 3.8) is 0 Å². The third-order valence-corrected chi connectivity index (χ3v) is 2.67. The van der Waals surface area contributed by atoms with Crippen LogP contribution in [0.1, 0.15) is 5.56 Å². The fourth-order valence-corrected chi connectivity index (χ4v) is 2.11. The van der Waals surface area contributed by atoms with E-state index in [1.54, 1.807) is 4.57 Å². The first-order chi connectivity index (χ1) is 7.09. The van der Waals surface area contributed by atoms with E-state index in [4.69, 9.17) is 16.7 Å². The topological polar surface area (TPSA) is 42.2 Å². The molecule has 1 heterocycles. The van der Waals surface area contributed by atoms with Gasteiger partial charge in [-0.25, -0.2) is 0 Å². The summed E-state index contributed by atoms with van der Waals surface area (Å²) in [5.74, 6) is -0.855. The smallest absolute Gasteiger partial charge is 0.323 e. The van der Waals surface area contributed by atoms with Gasteiger partial charge in [0.2, 0.25) is 0 Å². The van der Waals surface area contributed by atoms with E-state index in [-0.39, 0.29) is 6.54 Å². The van der Waals surface area contributed by atoms with Gasteiger partial charge in [0.05, 0.1) is 10.5 Å². The summed E-state index contributed by atoms with van der Waals surface area (Å²) >= 11 is 6.05. The highest BCUT2D eigenvalue weighted by Crippen LogP contribution is 2.27. The van der Waals surface area contributed by atoms with Crippen molar-refractivity contribution in [2.45, 2.75) is 13.5 Å². The number of carboxylic acids is 1. The van der Waals surface area contributed by atoms with Gasteiger partial charge in [0, 0.05) is 11.6 Å². The second-order valence-electron chi connectivity index (χ2n) is 3.47. The predicted molar refractivity (Wildman–Crippen MR) is 59.3 cm³/mol. The summed E-state index contributed by atoms with van der Waals surface area (Å²) in [7, 11) is 0. The normalized spacial score (nSPS) is 10.8. The number of benzene rings is 1. The highest BCUT2D eigenvalue weighted by molar-refractivity contribution is 6.35. The molecule has 1 aromatic heterocycles. The van der Waals surface area contributed by atoms with Crippen LogP contribution in [-0.2, 0) is 11.3 Å². The Bertz CT molecular complexity index is 531. The van der Waals surface area contributed by atoms with Gasteiger partial charge in [-0.3, -0.25) is 4.79 Å². The molecular formula is C11H10ClNO2. The zero-order chi connectivity index (χ0) is 11.0. The minimum atomic E-state index is -0.855. The van der Waals surface area contributed by atoms with E-state index < -0.39 is 5.97 Å². The summed E-state index contributed by atoms with van der Waals surface area (Å²) in [6.07, 6.45) is 1.81. The number of aromatic nitrogens is 1. The van der Waals surface area contributed by atoms with Crippen LogP contribution in [0.25, 0.3) is 10.9 Å². The number of carbonyl (C=O) groups is 1. The first-order valence-electron chi connectivity index (χ1n) is 4.55. The average molecular weight is 224 g/mol. The lowest BCUT2D eigenvalue weighted by molar-refractivity contribution is -0.137. The number of hydrogen-bond donors (Lipinski definition) is 1. The van der Waals surface area contributed by atoms with E-state index in [9.17, 15) is 4.79 Å². The van der Waals surface area contributed by atoms with Crippen LogP contribution in [0.5, 0.6) is 0 Å². The second kappa shape index (κ2) is 3.59. The second-order valence-corrected chi connectivity index (χ2v) is 3.87. The van der Waals surface area contributed by atoms with Crippen LogP contribution in [0.4, 0.5) is 0 Å². The third kappa shape index (κ3) is 1.70. The number of aliphatic carboxylic acids is 1. The fourth-order valence-electron chi connectivity index (χ4n) is 1.79. The molecule has 1 aromatic carbocycles. The van der Waals surface area contributed by atoms with Gasteiger partial charge in [-0.1, -0.05) is 17.7 Å². The Kier molecular flexibility index (Phi) is 2.40. The molecule has 0 saturated heterocycles. The van der Waals surface area contributed by atoms with E-state index in [1.807, 2.05) is 31.3 Å². The minimum Gasteiger partial charge on any atom is -0.480 e. The van der Waals surface area contributed by atoms with Crippen molar-refractivity contribution in [3.05, 3.63) is 35.0 Å². The summed E-state index contributed by atoms with van der Waals surface area (Å²) in [6, 6.07) is 5.50. The van der Waals surface area contributed by atoms with Crippen LogP contribution in [0.15, 0.2) is 24.4 Å². The Morgan fingerprint density at radius 2 is 2.27 bits per heavy atom. The van der Waals surface area contributed by atoms with Gasteiger partial charge in [0.1, 0.15) is 6.54 Å². The summed E-state index contributed by atoms with van der Waals surface area (Å²) in [6.45, 7) is 1.89. The van der Waals surface area contributed by atoms with Crippen molar-refractivity contribution >= 4 is 28.5 Å². The molecule has 0 saturated carbocycles. The summed E-state index contributed by atoms with van der Waals surface area (Å²) in [5.41, 5.74) is 1.86. The molecule has 0 radical (unpaired) electrons. The Morgan fingerprint density at radius 3 is 2.93 bits per heavy atom. The Morgan fingerprint density at radius 1 is 1.53 bits per heavy atom. The van der Waals surface area contributed by atoms with Crippen LogP contribution < -0.4 is 0 Å². The molecule has 0 spiro atoms. The maximum atomic E-state index is 10.7. The third-order valence-electron chi connectivity index (χ3n) is 2.35. The lowest BCUT2D eigenvalue weighted by Gasteiger charge is -2.01. The Hall–Kier alpha value is -1.48. The molecule has 2 aromatic rings. The molecule has 4 heteroatoms. The van der Waals surface area contributed by atoms with Gasteiger partial charge in [0.25, 0.3) is 0 Å².